The Bertz CT molecular complexity index is 557. The lowest BCUT2D eigenvalue weighted by molar-refractivity contribution is -0.145. The summed E-state index contributed by atoms with van der Waals surface area (Å²) in [6.07, 6.45) is -6.39. The maximum absolute atomic E-state index is 13.1. The summed E-state index contributed by atoms with van der Waals surface area (Å²) < 4.78 is 48.9. The Balaban J connectivity index is 2.29. The smallest absolute Gasteiger partial charge is 0.435 e. The van der Waals surface area contributed by atoms with Crippen LogP contribution in [0.2, 0.25) is 0 Å². The Kier molecular flexibility index (Phi) is 4.00. The van der Waals surface area contributed by atoms with Gasteiger partial charge in [0.05, 0.1) is 19.7 Å². The number of alkyl halides is 3. The van der Waals surface area contributed by atoms with Crippen molar-refractivity contribution in [2.45, 2.75) is 25.7 Å². The summed E-state index contributed by atoms with van der Waals surface area (Å²) in [4.78, 5) is 22.3. The van der Waals surface area contributed by atoms with Crippen LogP contribution in [-0.2, 0) is 22.2 Å². The highest BCUT2D eigenvalue weighted by Crippen LogP contribution is 2.31. The van der Waals surface area contributed by atoms with E-state index in [1.54, 1.807) is 0 Å². The van der Waals surface area contributed by atoms with E-state index in [0.717, 1.165) is 0 Å². The van der Waals surface area contributed by atoms with E-state index in [-0.39, 0.29) is 19.7 Å². The lowest BCUT2D eigenvalue weighted by Gasteiger charge is -2.13. The van der Waals surface area contributed by atoms with Gasteiger partial charge in [0, 0.05) is 0 Å². The summed E-state index contributed by atoms with van der Waals surface area (Å²) in [5, 5.41) is 8.82. The summed E-state index contributed by atoms with van der Waals surface area (Å²) in [6.45, 7) is 1.04. The third-order valence-corrected chi connectivity index (χ3v) is 2.60. The lowest BCUT2D eigenvalue weighted by atomic mass is 10.3. The van der Waals surface area contributed by atoms with Crippen molar-refractivity contribution in [3.8, 4) is 0 Å². The molecular weight excluding hydrogens is 297 g/mol. The molecule has 2 heterocycles. The van der Waals surface area contributed by atoms with Crippen molar-refractivity contribution in [3.63, 3.8) is 0 Å². The van der Waals surface area contributed by atoms with Crippen molar-refractivity contribution < 1.29 is 32.2 Å². The number of esters is 1. The van der Waals surface area contributed by atoms with Crippen LogP contribution in [0.1, 0.15) is 23.1 Å². The molecule has 21 heavy (non-hydrogen) atoms. The monoisotopic (exact) mass is 308 g/mol. The molecule has 11 heteroatoms. The van der Waals surface area contributed by atoms with Gasteiger partial charge in [0.15, 0.2) is 5.69 Å². The molecule has 0 bridgehead atoms. The summed E-state index contributed by atoms with van der Waals surface area (Å²) in [7, 11) is 0. The van der Waals surface area contributed by atoms with E-state index in [1.807, 2.05) is 0 Å². The molecule has 0 aliphatic carbocycles. The van der Waals surface area contributed by atoms with E-state index in [1.165, 1.54) is 6.92 Å². The third-order valence-electron chi connectivity index (χ3n) is 2.60. The minimum atomic E-state index is -4.85. The molecule has 1 aromatic heterocycles. The van der Waals surface area contributed by atoms with E-state index in [9.17, 15) is 22.8 Å². The topological polar surface area (TPSA) is 95.3 Å². The second kappa shape index (κ2) is 5.58. The minimum absolute atomic E-state index is 0.0464. The number of hydrogen-bond donors (Lipinski definition) is 1. The van der Waals surface area contributed by atoms with Gasteiger partial charge in [-0.05, 0) is 6.92 Å². The van der Waals surface area contributed by atoms with Gasteiger partial charge in [-0.2, -0.15) is 13.2 Å². The van der Waals surface area contributed by atoms with Crippen LogP contribution < -0.4 is 5.32 Å². The molecule has 8 nitrogen and oxygen atoms in total. The van der Waals surface area contributed by atoms with Crippen LogP contribution in [0.5, 0.6) is 0 Å². The van der Waals surface area contributed by atoms with Crippen molar-refractivity contribution in [1.82, 2.24) is 20.3 Å². The number of hydrogen-bond acceptors (Lipinski definition) is 6. The van der Waals surface area contributed by atoms with Crippen molar-refractivity contribution >= 4 is 12.1 Å². The van der Waals surface area contributed by atoms with E-state index in [2.05, 4.69) is 20.4 Å². The highest BCUT2D eigenvalue weighted by Gasteiger charge is 2.42. The number of carbonyl (C=O) groups is 2. The Morgan fingerprint density at radius 1 is 1.57 bits per heavy atom. The first-order valence-corrected chi connectivity index (χ1v) is 5.95. The van der Waals surface area contributed by atoms with Gasteiger partial charge in [-0.3, -0.25) is 0 Å². The average Bonchev–Trinajstić information content (AvgIpc) is 2.96. The molecule has 0 spiro atoms. The zero-order chi connectivity index (χ0) is 15.6. The van der Waals surface area contributed by atoms with Crippen LogP contribution >= 0.6 is 0 Å². The van der Waals surface area contributed by atoms with Crippen LogP contribution in [0.15, 0.2) is 0 Å². The van der Waals surface area contributed by atoms with E-state index in [4.69, 9.17) is 4.74 Å². The Labute approximate surface area is 116 Å². The molecule has 0 saturated carbocycles. The highest BCUT2D eigenvalue weighted by molar-refractivity contribution is 5.88. The number of alkyl carbamates (subject to hydrolysis) is 1. The number of amides is 1. The average molecular weight is 308 g/mol. The fourth-order valence-electron chi connectivity index (χ4n) is 1.78. The molecule has 0 aromatic carbocycles. The van der Waals surface area contributed by atoms with Crippen LogP contribution in [0.25, 0.3) is 0 Å². The molecule has 1 saturated heterocycles. The van der Waals surface area contributed by atoms with Gasteiger partial charge in [-0.15, -0.1) is 5.10 Å². The van der Waals surface area contributed by atoms with Crippen molar-refractivity contribution in [2.75, 3.05) is 13.2 Å². The molecule has 0 radical (unpaired) electrons. The van der Waals surface area contributed by atoms with E-state index < -0.39 is 35.7 Å². The Morgan fingerprint density at radius 2 is 2.29 bits per heavy atom. The minimum Gasteiger partial charge on any atom is -0.461 e. The number of aromatic nitrogens is 3. The van der Waals surface area contributed by atoms with Crippen molar-refractivity contribution in [2.24, 2.45) is 0 Å². The van der Waals surface area contributed by atoms with Gasteiger partial charge in [0.25, 0.3) is 0 Å². The molecule has 1 amide bonds. The Morgan fingerprint density at radius 3 is 2.81 bits per heavy atom. The van der Waals surface area contributed by atoms with Gasteiger partial charge >= 0.3 is 18.2 Å². The summed E-state index contributed by atoms with van der Waals surface area (Å²) in [6, 6.07) is 0. The highest BCUT2D eigenvalue weighted by atomic mass is 19.4. The molecule has 1 atom stereocenters. The van der Waals surface area contributed by atoms with Gasteiger partial charge in [0.2, 0.25) is 5.69 Å². The molecule has 2 rings (SSSR count). The van der Waals surface area contributed by atoms with E-state index in [0.29, 0.717) is 4.68 Å². The normalized spacial score (nSPS) is 18.3. The first kappa shape index (κ1) is 15.1. The fraction of sp³-hybridized carbons (Fsp3) is 0.600. The molecule has 1 aliphatic heterocycles. The number of rotatable bonds is 4. The predicted octanol–water partition coefficient (Wildman–Crippen LogP) is 0.582. The van der Waals surface area contributed by atoms with Crippen LogP contribution in [-0.4, -0.2) is 46.3 Å². The number of nitrogens with zero attached hydrogens (tertiary/aromatic N) is 3. The standard InChI is InChI=1S/C10H11F3N4O4/c1-2-20-8(18)6-7(10(11,12)13)17(16-15-6)4-5-3-14-9(19)21-5/h5H,2-4H2,1H3,(H,14,19). The summed E-state index contributed by atoms with van der Waals surface area (Å²) in [5.74, 6) is -1.21. The number of carbonyl (C=O) groups excluding carboxylic acids is 2. The molecular formula is C10H11F3N4O4. The largest absolute Gasteiger partial charge is 0.461 e. The quantitative estimate of drug-likeness (QED) is 0.818. The molecule has 1 fully saturated rings. The molecule has 1 aliphatic rings. The Hall–Kier alpha value is -2.33. The second-order valence-electron chi connectivity index (χ2n) is 4.10. The third kappa shape index (κ3) is 3.23. The zero-order valence-corrected chi connectivity index (χ0v) is 10.8. The van der Waals surface area contributed by atoms with Crippen LogP contribution in [0.4, 0.5) is 18.0 Å². The summed E-state index contributed by atoms with van der Waals surface area (Å²) >= 11 is 0. The molecule has 1 N–H and O–H groups in total. The molecule has 1 unspecified atom stereocenters. The molecule has 116 valence electrons. The number of ether oxygens (including phenoxy) is 2. The van der Waals surface area contributed by atoms with Gasteiger partial charge in [-0.1, -0.05) is 5.21 Å². The van der Waals surface area contributed by atoms with Crippen LogP contribution in [0, 0.1) is 0 Å². The lowest BCUT2D eigenvalue weighted by Crippen LogP contribution is -2.26. The number of halogens is 3. The first-order valence-electron chi connectivity index (χ1n) is 5.95. The predicted molar refractivity (Wildman–Crippen MR) is 59.3 cm³/mol. The number of nitrogens with one attached hydrogen (secondary N) is 1. The first-order chi connectivity index (χ1) is 9.82. The van der Waals surface area contributed by atoms with Crippen molar-refractivity contribution in [3.05, 3.63) is 11.4 Å². The fourth-order valence-corrected chi connectivity index (χ4v) is 1.78. The van der Waals surface area contributed by atoms with Crippen molar-refractivity contribution in [1.29, 1.82) is 0 Å². The maximum atomic E-state index is 13.1. The maximum Gasteiger partial charge on any atom is 0.435 e. The number of cyclic esters (lactones) is 1. The van der Waals surface area contributed by atoms with Gasteiger partial charge in [0.1, 0.15) is 6.10 Å². The van der Waals surface area contributed by atoms with Crippen LogP contribution in [0.3, 0.4) is 0 Å². The zero-order valence-electron chi connectivity index (χ0n) is 10.8. The molecule has 1 aromatic rings. The second-order valence-corrected chi connectivity index (χ2v) is 4.10. The summed E-state index contributed by atoms with van der Waals surface area (Å²) in [5.41, 5.74) is -2.24. The van der Waals surface area contributed by atoms with E-state index >= 15 is 0 Å². The van der Waals surface area contributed by atoms with Gasteiger partial charge < -0.3 is 14.8 Å². The van der Waals surface area contributed by atoms with Gasteiger partial charge in [-0.25, -0.2) is 14.3 Å². The SMILES string of the molecule is CCOC(=O)c1nnn(CC2CNC(=O)O2)c1C(F)(F)F.